The summed E-state index contributed by atoms with van der Waals surface area (Å²) >= 11 is 0. The third-order valence-corrected chi connectivity index (χ3v) is 8.51. The first-order chi connectivity index (χ1) is 14.9. The van der Waals surface area contributed by atoms with Crippen molar-refractivity contribution in [3.63, 3.8) is 0 Å². The number of benzene rings is 1. The minimum absolute atomic E-state index is 0.00391. The molecule has 0 N–H and O–H groups in total. The molecule has 3 unspecified atom stereocenters. The van der Waals surface area contributed by atoms with E-state index in [1.54, 1.807) is 0 Å². The quantitative estimate of drug-likeness (QED) is 0.246. The fourth-order valence-electron chi connectivity index (χ4n) is 6.88. The Morgan fingerprint density at radius 3 is 2.00 bits per heavy atom. The van der Waals surface area contributed by atoms with Gasteiger partial charge in [-0.1, -0.05) is 39.0 Å². The second-order valence-corrected chi connectivity index (χ2v) is 10.2. The van der Waals surface area contributed by atoms with Gasteiger partial charge in [0.2, 0.25) is 29.1 Å². The molecule has 3 fully saturated rings. The number of hydrogen-bond donors (Lipinski definition) is 0. The van der Waals surface area contributed by atoms with Gasteiger partial charge in [0.1, 0.15) is 0 Å². The molecule has 0 bridgehead atoms. The smallest absolute Gasteiger partial charge is 0.206 e. The molecular formula is C25H33F5O. The summed E-state index contributed by atoms with van der Waals surface area (Å²) in [7, 11) is 0. The minimum atomic E-state index is -2.15. The molecule has 0 aromatic heterocycles. The van der Waals surface area contributed by atoms with Crippen molar-refractivity contribution in [1.29, 1.82) is 0 Å². The molecule has 0 amide bonds. The van der Waals surface area contributed by atoms with Crippen LogP contribution in [-0.4, -0.2) is 6.61 Å². The number of hydrogen-bond acceptors (Lipinski definition) is 1. The third-order valence-electron chi connectivity index (χ3n) is 8.51. The fraction of sp³-hybridized carbons (Fsp3) is 0.760. The summed E-state index contributed by atoms with van der Waals surface area (Å²) in [4.78, 5) is 0. The molecule has 0 saturated heterocycles. The molecule has 4 rings (SSSR count). The number of halogens is 5. The molecular weight excluding hydrogens is 411 g/mol. The lowest BCUT2D eigenvalue weighted by molar-refractivity contribution is -0.0780. The normalized spacial score (nSPS) is 33.4. The van der Waals surface area contributed by atoms with E-state index in [1.807, 2.05) is 0 Å². The van der Waals surface area contributed by atoms with Crippen LogP contribution in [0.1, 0.15) is 84.0 Å². The van der Waals surface area contributed by atoms with E-state index >= 15 is 0 Å². The van der Waals surface area contributed by atoms with Gasteiger partial charge in [-0.15, -0.1) is 0 Å². The van der Waals surface area contributed by atoms with Crippen LogP contribution in [0.5, 0.6) is 5.75 Å². The van der Waals surface area contributed by atoms with Crippen LogP contribution in [0.25, 0.3) is 0 Å². The van der Waals surface area contributed by atoms with Gasteiger partial charge < -0.3 is 4.74 Å². The molecule has 3 aliphatic carbocycles. The van der Waals surface area contributed by atoms with Crippen LogP contribution in [0.15, 0.2) is 0 Å². The van der Waals surface area contributed by atoms with Crippen molar-refractivity contribution in [2.24, 2.45) is 29.1 Å². The van der Waals surface area contributed by atoms with Crippen LogP contribution in [0.3, 0.4) is 0 Å². The summed E-state index contributed by atoms with van der Waals surface area (Å²) in [5, 5.41) is 0. The maximum atomic E-state index is 13.9. The molecule has 0 aliphatic heterocycles. The monoisotopic (exact) mass is 444 g/mol. The number of ether oxygens (including phenoxy) is 1. The maximum Gasteiger partial charge on any atom is 0.206 e. The first-order valence-electron chi connectivity index (χ1n) is 12.0. The van der Waals surface area contributed by atoms with E-state index in [1.165, 1.54) is 57.8 Å². The Labute approximate surface area is 181 Å². The average molecular weight is 445 g/mol. The van der Waals surface area contributed by atoms with E-state index in [2.05, 4.69) is 6.92 Å². The highest BCUT2D eigenvalue weighted by atomic mass is 19.2. The molecule has 174 valence electrons. The summed E-state index contributed by atoms with van der Waals surface area (Å²) in [6.07, 6.45) is 14.3. The number of rotatable bonds is 6. The first-order valence-corrected chi connectivity index (χ1v) is 12.0. The molecule has 0 heterocycles. The lowest BCUT2D eigenvalue weighted by atomic mass is 9.48. The molecule has 3 saturated carbocycles. The summed E-state index contributed by atoms with van der Waals surface area (Å²) in [5.41, 5.74) is 0.283. The van der Waals surface area contributed by atoms with Crippen LogP contribution < -0.4 is 4.74 Å². The van der Waals surface area contributed by atoms with Crippen molar-refractivity contribution < 1.29 is 26.7 Å². The highest BCUT2D eigenvalue weighted by Crippen LogP contribution is 2.61. The molecule has 3 aliphatic rings. The first kappa shape index (κ1) is 22.8. The van der Waals surface area contributed by atoms with Crippen LogP contribution >= 0.6 is 0 Å². The van der Waals surface area contributed by atoms with Gasteiger partial charge in [-0.05, 0) is 74.0 Å². The predicted molar refractivity (Wildman–Crippen MR) is 109 cm³/mol. The van der Waals surface area contributed by atoms with Gasteiger partial charge in [0.05, 0.1) is 6.61 Å². The summed E-state index contributed by atoms with van der Waals surface area (Å²) in [6.45, 7) is 2.25. The zero-order valence-electron chi connectivity index (χ0n) is 18.3. The van der Waals surface area contributed by atoms with Crippen molar-refractivity contribution in [3.05, 3.63) is 29.1 Å². The average Bonchev–Trinajstić information content (AvgIpc) is 2.77. The van der Waals surface area contributed by atoms with E-state index in [9.17, 15) is 22.0 Å². The van der Waals surface area contributed by atoms with Crippen molar-refractivity contribution >= 4 is 0 Å². The topological polar surface area (TPSA) is 9.23 Å². The van der Waals surface area contributed by atoms with Crippen LogP contribution in [-0.2, 0) is 0 Å². The Morgan fingerprint density at radius 2 is 1.42 bits per heavy atom. The van der Waals surface area contributed by atoms with E-state index in [4.69, 9.17) is 4.74 Å². The highest BCUT2D eigenvalue weighted by Gasteiger charge is 2.52. The van der Waals surface area contributed by atoms with E-state index in [0.717, 1.165) is 31.1 Å². The lowest BCUT2D eigenvalue weighted by Crippen LogP contribution is -2.48. The Hall–Kier alpha value is -1.33. The van der Waals surface area contributed by atoms with Gasteiger partial charge in [-0.3, -0.25) is 0 Å². The van der Waals surface area contributed by atoms with Gasteiger partial charge in [-0.2, -0.15) is 8.78 Å². The maximum absolute atomic E-state index is 13.9. The Kier molecular flexibility index (Phi) is 6.83. The minimum Gasteiger partial charge on any atom is -0.487 e. The van der Waals surface area contributed by atoms with Gasteiger partial charge in [0.15, 0.2) is 5.75 Å². The van der Waals surface area contributed by atoms with Gasteiger partial charge in [0.25, 0.3) is 0 Å². The zero-order chi connectivity index (χ0) is 22.2. The van der Waals surface area contributed by atoms with Crippen molar-refractivity contribution in [3.8, 4) is 5.75 Å². The van der Waals surface area contributed by atoms with Crippen LogP contribution in [0.4, 0.5) is 22.0 Å². The summed E-state index contributed by atoms with van der Waals surface area (Å²) in [6, 6.07) is 0. The van der Waals surface area contributed by atoms with Crippen molar-refractivity contribution in [1.82, 2.24) is 0 Å². The molecule has 1 aromatic carbocycles. The molecule has 3 atom stereocenters. The van der Waals surface area contributed by atoms with E-state index in [-0.39, 0.29) is 17.9 Å². The fourth-order valence-corrected chi connectivity index (χ4v) is 6.88. The summed E-state index contributed by atoms with van der Waals surface area (Å²) < 4.78 is 73.2. The lowest BCUT2D eigenvalue weighted by Gasteiger charge is -2.57. The van der Waals surface area contributed by atoms with Gasteiger partial charge in [0, 0.05) is 0 Å². The molecule has 1 spiro atoms. The predicted octanol–water partition coefficient (Wildman–Crippen LogP) is 7.95. The second kappa shape index (κ2) is 9.27. The van der Waals surface area contributed by atoms with Crippen molar-refractivity contribution in [2.75, 3.05) is 6.61 Å². The largest absolute Gasteiger partial charge is 0.487 e. The zero-order valence-corrected chi connectivity index (χ0v) is 18.3. The van der Waals surface area contributed by atoms with Crippen LogP contribution in [0, 0.1) is 58.2 Å². The van der Waals surface area contributed by atoms with E-state index in [0.29, 0.717) is 5.92 Å². The van der Waals surface area contributed by atoms with Crippen molar-refractivity contribution in [2.45, 2.75) is 84.0 Å². The third kappa shape index (κ3) is 4.32. The Bertz CT molecular complexity index is 760. The second-order valence-electron chi connectivity index (χ2n) is 10.2. The molecule has 1 aromatic rings. The molecule has 6 heteroatoms. The molecule has 31 heavy (non-hydrogen) atoms. The standard InChI is InChI=1S/C25H33F5O/c1-2-4-15-6-8-17(9-7-15)18-10-12-25(18)11-3-5-16(13-25)14-31-24-22(29)20(27)19(26)21(28)23(24)30/h15-18H,2-14H2,1H3. The Balaban J connectivity index is 1.38. The molecule has 0 radical (unpaired) electrons. The van der Waals surface area contributed by atoms with E-state index < -0.39 is 34.8 Å². The van der Waals surface area contributed by atoms with Crippen LogP contribution in [0.2, 0.25) is 0 Å². The molecule has 1 nitrogen and oxygen atoms in total. The SMILES string of the molecule is CCCC1CCC(C2CCC23CCCC(COc2c(F)c(F)c(F)c(F)c2F)C3)CC1. The Morgan fingerprint density at radius 1 is 0.774 bits per heavy atom. The summed E-state index contributed by atoms with van der Waals surface area (Å²) in [5.74, 6) is -8.50. The highest BCUT2D eigenvalue weighted by molar-refractivity contribution is 5.29. The van der Waals surface area contributed by atoms with Gasteiger partial charge in [-0.25, -0.2) is 13.2 Å². The van der Waals surface area contributed by atoms with Gasteiger partial charge >= 0.3 is 0 Å².